The molecule has 100 valence electrons. The summed E-state index contributed by atoms with van der Waals surface area (Å²) in [7, 11) is 0. The van der Waals surface area contributed by atoms with Crippen molar-refractivity contribution in [3.8, 4) is 0 Å². The second kappa shape index (κ2) is 4.89. The maximum absolute atomic E-state index is 3.67. The number of thiophene rings is 1. The van der Waals surface area contributed by atoms with E-state index < -0.39 is 0 Å². The molecule has 0 spiro atoms. The predicted octanol–water partition coefficient (Wildman–Crippen LogP) is 3.47. The zero-order valence-electron chi connectivity index (χ0n) is 11.1. The summed E-state index contributed by atoms with van der Waals surface area (Å²) < 4.78 is 1.22. The second-order valence-corrected chi connectivity index (χ2v) is 7.94. The maximum atomic E-state index is 3.67. The van der Waals surface area contributed by atoms with Crippen LogP contribution in [0.1, 0.15) is 31.6 Å². The number of piperazine rings is 1. The molecule has 1 saturated carbocycles. The molecule has 1 aromatic heterocycles. The molecule has 1 aliphatic heterocycles. The molecule has 2 unspecified atom stereocenters. The molecule has 3 rings (SSSR count). The highest BCUT2D eigenvalue weighted by Crippen LogP contribution is 2.44. The van der Waals surface area contributed by atoms with Gasteiger partial charge in [0, 0.05) is 45.9 Å². The summed E-state index contributed by atoms with van der Waals surface area (Å²) in [4.78, 5) is 4.19. The van der Waals surface area contributed by atoms with Crippen LogP contribution in [0.4, 0.5) is 0 Å². The lowest BCUT2D eigenvalue weighted by Crippen LogP contribution is -2.63. The third-order valence-electron chi connectivity index (χ3n) is 4.45. The van der Waals surface area contributed by atoms with Gasteiger partial charge in [0.25, 0.3) is 0 Å². The SMILES string of the molecule is CC1CN(Cc2cc(Br)cs2)C(C)(C2CC2)CN1. The third kappa shape index (κ3) is 2.53. The van der Waals surface area contributed by atoms with Crippen molar-refractivity contribution in [1.29, 1.82) is 0 Å². The molecule has 2 heterocycles. The Hall–Kier alpha value is 0.1000. The summed E-state index contributed by atoms with van der Waals surface area (Å²) in [6.07, 6.45) is 2.83. The number of hydrogen-bond donors (Lipinski definition) is 1. The standard InChI is InChI=1S/C14H21BrN2S/c1-10-6-17(7-13-5-12(15)8-18-13)14(2,9-16-10)11-3-4-11/h5,8,10-11,16H,3-4,6-7,9H2,1-2H3. The van der Waals surface area contributed by atoms with E-state index in [4.69, 9.17) is 0 Å². The van der Waals surface area contributed by atoms with Gasteiger partial charge in [0.2, 0.25) is 0 Å². The Balaban J connectivity index is 1.77. The molecule has 2 fully saturated rings. The lowest BCUT2D eigenvalue weighted by Gasteiger charge is -2.48. The first-order valence-corrected chi connectivity index (χ1v) is 8.46. The van der Waals surface area contributed by atoms with Gasteiger partial charge in [-0.3, -0.25) is 4.90 Å². The summed E-state index contributed by atoms with van der Waals surface area (Å²) >= 11 is 5.43. The van der Waals surface area contributed by atoms with Crippen molar-refractivity contribution >= 4 is 27.3 Å². The minimum Gasteiger partial charge on any atom is -0.311 e. The third-order valence-corrected chi connectivity index (χ3v) is 6.13. The first-order chi connectivity index (χ1) is 8.58. The van der Waals surface area contributed by atoms with Crippen LogP contribution in [0.5, 0.6) is 0 Å². The molecule has 2 nitrogen and oxygen atoms in total. The first kappa shape index (κ1) is 13.1. The zero-order chi connectivity index (χ0) is 12.8. The maximum Gasteiger partial charge on any atom is 0.0338 e. The number of nitrogens with one attached hydrogen (secondary N) is 1. The highest BCUT2D eigenvalue weighted by Gasteiger charge is 2.47. The van der Waals surface area contributed by atoms with Crippen LogP contribution in [-0.2, 0) is 6.54 Å². The summed E-state index contributed by atoms with van der Waals surface area (Å²) in [5, 5.41) is 5.86. The van der Waals surface area contributed by atoms with Crippen molar-refractivity contribution in [1.82, 2.24) is 10.2 Å². The van der Waals surface area contributed by atoms with Crippen molar-refractivity contribution in [2.45, 2.75) is 44.8 Å². The molecule has 4 heteroatoms. The molecule has 1 N–H and O–H groups in total. The summed E-state index contributed by atoms with van der Waals surface area (Å²) in [5.74, 6) is 0.904. The minimum absolute atomic E-state index is 0.364. The molecule has 0 bridgehead atoms. The summed E-state index contributed by atoms with van der Waals surface area (Å²) in [5.41, 5.74) is 0.364. The van der Waals surface area contributed by atoms with Gasteiger partial charge in [0.05, 0.1) is 0 Å². The van der Waals surface area contributed by atoms with Crippen molar-refractivity contribution in [2.75, 3.05) is 13.1 Å². The average Bonchev–Trinajstić information content (AvgIpc) is 3.10. The van der Waals surface area contributed by atoms with E-state index in [2.05, 4.69) is 51.4 Å². The van der Waals surface area contributed by atoms with Gasteiger partial charge in [-0.25, -0.2) is 0 Å². The summed E-state index contributed by atoms with van der Waals surface area (Å²) in [6.45, 7) is 8.17. The average molecular weight is 329 g/mol. The van der Waals surface area contributed by atoms with Crippen molar-refractivity contribution < 1.29 is 0 Å². The molecular formula is C14H21BrN2S. The Morgan fingerprint density at radius 2 is 2.33 bits per heavy atom. The normalized spacial score (nSPS) is 33.8. The van der Waals surface area contributed by atoms with Crippen LogP contribution in [0.15, 0.2) is 15.9 Å². The van der Waals surface area contributed by atoms with Crippen LogP contribution >= 0.6 is 27.3 Å². The van der Waals surface area contributed by atoms with E-state index in [0.717, 1.165) is 19.0 Å². The summed E-state index contributed by atoms with van der Waals surface area (Å²) in [6, 6.07) is 2.88. The van der Waals surface area contributed by atoms with E-state index >= 15 is 0 Å². The molecule has 2 aliphatic rings. The van der Waals surface area contributed by atoms with E-state index in [1.54, 1.807) is 0 Å². The second-order valence-electron chi connectivity index (χ2n) is 6.03. The molecule has 1 aromatic rings. The number of nitrogens with zero attached hydrogens (tertiary/aromatic N) is 1. The lowest BCUT2D eigenvalue weighted by atomic mass is 9.89. The van der Waals surface area contributed by atoms with E-state index in [1.807, 2.05) is 11.3 Å². The quantitative estimate of drug-likeness (QED) is 0.913. The molecule has 0 radical (unpaired) electrons. The first-order valence-electron chi connectivity index (χ1n) is 6.79. The molecular weight excluding hydrogens is 308 g/mol. The minimum atomic E-state index is 0.364. The molecule has 18 heavy (non-hydrogen) atoms. The Bertz CT molecular complexity index is 429. The monoisotopic (exact) mass is 328 g/mol. The Labute approximate surface area is 122 Å². The molecule has 2 atom stereocenters. The number of rotatable bonds is 3. The van der Waals surface area contributed by atoms with Crippen LogP contribution in [-0.4, -0.2) is 29.6 Å². The van der Waals surface area contributed by atoms with E-state index in [1.165, 1.54) is 28.7 Å². The molecule has 0 aromatic carbocycles. The Kier molecular flexibility index (Phi) is 3.56. The van der Waals surface area contributed by atoms with Crippen LogP contribution in [0.25, 0.3) is 0 Å². The van der Waals surface area contributed by atoms with Gasteiger partial charge < -0.3 is 5.32 Å². The Morgan fingerprint density at radius 1 is 1.56 bits per heavy atom. The molecule has 1 aliphatic carbocycles. The fourth-order valence-corrected chi connectivity index (χ4v) is 4.54. The van der Waals surface area contributed by atoms with Gasteiger partial charge in [-0.05, 0) is 54.6 Å². The predicted molar refractivity (Wildman–Crippen MR) is 81.0 cm³/mol. The number of halogens is 1. The van der Waals surface area contributed by atoms with E-state index in [-0.39, 0.29) is 0 Å². The topological polar surface area (TPSA) is 15.3 Å². The van der Waals surface area contributed by atoms with E-state index in [0.29, 0.717) is 11.6 Å². The molecule has 0 amide bonds. The Morgan fingerprint density at radius 3 is 2.94 bits per heavy atom. The van der Waals surface area contributed by atoms with Crippen LogP contribution in [0, 0.1) is 5.92 Å². The van der Waals surface area contributed by atoms with Crippen LogP contribution < -0.4 is 5.32 Å². The molecule has 1 saturated heterocycles. The van der Waals surface area contributed by atoms with Crippen LogP contribution in [0.2, 0.25) is 0 Å². The zero-order valence-corrected chi connectivity index (χ0v) is 13.5. The lowest BCUT2D eigenvalue weighted by molar-refractivity contribution is 0.0320. The van der Waals surface area contributed by atoms with Crippen molar-refractivity contribution in [3.05, 3.63) is 20.8 Å². The highest BCUT2D eigenvalue weighted by molar-refractivity contribution is 9.10. The fourth-order valence-electron chi connectivity index (χ4n) is 3.07. The van der Waals surface area contributed by atoms with Crippen molar-refractivity contribution in [2.24, 2.45) is 5.92 Å². The van der Waals surface area contributed by atoms with Gasteiger partial charge in [0.1, 0.15) is 0 Å². The smallest absolute Gasteiger partial charge is 0.0338 e. The number of hydrogen-bond acceptors (Lipinski definition) is 3. The highest BCUT2D eigenvalue weighted by atomic mass is 79.9. The van der Waals surface area contributed by atoms with E-state index in [9.17, 15) is 0 Å². The fraction of sp³-hybridized carbons (Fsp3) is 0.714. The van der Waals surface area contributed by atoms with Gasteiger partial charge in [0.15, 0.2) is 0 Å². The van der Waals surface area contributed by atoms with Crippen LogP contribution in [0.3, 0.4) is 0 Å². The largest absolute Gasteiger partial charge is 0.311 e. The van der Waals surface area contributed by atoms with Gasteiger partial charge >= 0.3 is 0 Å². The van der Waals surface area contributed by atoms with Gasteiger partial charge in [-0.15, -0.1) is 11.3 Å². The van der Waals surface area contributed by atoms with Gasteiger partial charge in [-0.2, -0.15) is 0 Å². The van der Waals surface area contributed by atoms with Crippen molar-refractivity contribution in [3.63, 3.8) is 0 Å². The van der Waals surface area contributed by atoms with Gasteiger partial charge in [-0.1, -0.05) is 0 Å².